The van der Waals surface area contributed by atoms with Crippen molar-refractivity contribution in [3.8, 4) is 0 Å². The molecule has 2 N–H and O–H groups in total. The number of nitrogens with one attached hydrogen (secondary N) is 2. The van der Waals surface area contributed by atoms with Crippen molar-refractivity contribution in [3.63, 3.8) is 0 Å². The van der Waals surface area contributed by atoms with Gasteiger partial charge in [-0.2, -0.15) is 0 Å². The van der Waals surface area contributed by atoms with Gasteiger partial charge in [0.05, 0.1) is 0 Å². The zero-order chi connectivity index (χ0) is 11.9. The summed E-state index contributed by atoms with van der Waals surface area (Å²) in [4.78, 5) is 9.12. The Morgan fingerprint density at radius 2 is 2.00 bits per heavy atom. The minimum Gasteiger partial charge on any atom is -0.373 e. The van der Waals surface area contributed by atoms with Crippen molar-refractivity contribution in [2.45, 2.75) is 38.5 Å². The first-order valence-electron chi connectivity index (χ1n) is 6.49. The molecular weight excluding hydrogens is 212 g/mol. The van der Waals surface area contributed by atoms with E-state index >= 15 is 0 Å². The first-order valence-corrected chi connectivity index (χ1v) is 6.49. The second kappa shape index (κ2) is 3.86. The van der Waals surface area contributed by atoms with E-state index in [-0.39, 0.29) is 0 Å². The molecule has 0 amide bonds. The molecule has 1 heterocycles. The van der Waals surface area contributed by atoms with Crippen molar-refractivity contribution in [1.82, 2.24) is 9.97 Å². The fourth-order valence-corrected chi connectivity index (χ4v) is 1.90. The van der Waals surface area contributed by atoms with Gasteiger partial charge in [-0.1, -0.05) is 6.92 Å². The maximum absolute atomic E-state index is 4.61. The summed E-state index contributed by atoms with van der Waals surface area (Å²) in [6.45, 7) is 3.35. The Balaban J connectivity index is 1.74. The molecule has 2 aliphatic carbocycles. The normalized spacial score (nSPS) is 21.1. The Morgan fingerprint density at radius 1 is 1.29 bits per heavy atom. The lowest BCUT2D eigenvalue weighted by Gasteiger charge is -2.12. The highest BCUT2D eigenvalue weighted by atomic mass is 15.1. The van der Waals surface area contributed by atoms with Crippen LogP contribution in [0, 0.1) is 5.41 Å². The minimum atomic E-state index is 0.504. The maximum Gasteiger partial charge on any atom is 0.136 e. The molecule has 17 heavy (non-hydrogen) atoms. The third kappa shape index (κ3) is 2.51. The summed E-state index contributed by atoms with van der Waals surface area (Å²) in [6.07, 6.45) is 5.15. The van der Waals surface area contributed by atoms with Gasteiger partial charge < -0.3 is 10.6 Å². The number of hydrogen-bond donors (Lipinski definition) is 2. The van der Waals surface area contributed by atoms with Crippen molar-refractivity contribution in [2.75, 3.05) is 24.2 Å². The monoisotopic (exact) mass is 232 g/mol. The molecule has 1 aromatic rings. The van der Waals surface area contributed by atoms with E-state index in [0.717, 1.165) is 24.0 Å². The van der Waals surface area contributed by atoms with Crippen LogP contribution in [0.2, 0.25) is 0 Å². The highest BCUT2D eigenvalue weighted by Gasteiger charge is 2.37. The van der Waals surface area contributed by atoms with Gasteiger partial charge in [-0.05, 0) is 31.1 Å². The Morgan fingerprint density at radius 3 is 2.59 bits per heavy atom. The highest BCUT2D eigenvalue weighted by molar-refractivity contribution is 5.48. The molecule has 2 saturated carbocycles. The average Bonchev–Trinajstić information content (AvgIpc) is 3.22. The molecule has 0 aliphatic heterocycles. The summed E-state index contributed by atoms with van der Waals surface area (Å²) >= 11 is 0. The van der Waals surface area contributed by atoms with Gasteiger partial charge in [0.15, 0.2) is 0 Å². The molecule has 0 unspecified atom stereocenters. The van der Waals surface area contributed by atoms with Gasteiger partial charge in [0, 0.05) is 25.6 Å². The molecule has 0 bridgehead atoms. The van der Waals surface area contributed by atoms with Gasteiger partial charge in [0.2, 0.25) is 0 Å². The fraction of sp³-hybridized carbons (Fsp3) is 0.692. The summed E-state index contributed by atoms with van der Waals surface area (Å²) in [5, 5.41) is 6.57. The third-order valence-electron chi connectivity index (χ3n) is 3.74. The Kier molecular flexibility index (Phi) is 2.45. The van der Waals surface area contributed by atoms with E-state index in [1.807, 2.05) is 13.1 Å². The van der Waals surface area contributed by atoms with E-state index in [1.165, 1.54) is 25.7 Å². The van der Waals surface area contributed by atoms with E-state index in [0.29, 0.717) is 11.3 Å². The maximum atomic E-state index is 4.61. The first-order chi connectivity index (χ1) is 8.18. The Hall–Kier alpha value is -1.32. The van der Waals surface area contributed by atoms with Gasteiger partial charge in [-0.15, -0.1) is 0 Å². The summed E-state index contributed by atoms with van der Waals surface area (Å²) in [5.74, 6) is 3.49. The topological polar surface area (TPSA) is 49.8 Å². The average molecular weight is 232 g/mol. The van der Waals surface area contributed by atoms with E-state index in [9.17, 15) is 0 Å². The molecule has 0 aromatic carbocycles. The standard InChI is InChI=1S/C13H20N4/c1-13(5-6-13)8-15-11-7-10(14-2)16-12(17-11)9-3-4-9/h7,9H,3-6,8H2,1-2H3,(H2,14,15,16,17). The van der Waals surface area contributed by atoms with Gasteiger partial charge in [-0.3, -0.25) is 0 Å². The fourth-order valence-electron chi connectivity index (χ4n) is 1.90. The lowest BCUT2D eigenvalue weighted by molar-refractivity contribution is 0.609. The van der Waals surface area contributed by atoms with Crippen LogP contribution in [-0.2, 0) is 0 Å². The van der Waals surface area contributed by atoms with E-state index < -0.39 is 0 Å². The first kappa shape index (κ1) is 10.8. The van der Waals surface area contributed by atoms with Gasteiger partial charge in [0.25, 0.3) is 0 Å². The van der Waals surface area contributed by atoms with Crippen LogP contribution in [0.5, 0.6) is 0 Å². The van der Waals surface area contributed by atoms with Crippen LogP contribution >= 0.6 is 0 Å². The van der Waals surface area contributed by atoms with Crippen molar-refractivity contribution >= 4 is 11.6 Å². The molecule has 0 saturated heterocycles. The van der Waals surface area contributed by atoms with Crippen molar-refractivity contribution in [2.24, 2.45) is 5.41 Å². The van der Waals surface area contributed by atoms with Crippen LogP contribution in [0.1, 0.15) is 44.3 Å². The van der Waals surface area contributed by atoms with Crippen molar-refractivity contribution in [1.29, 1.82) is 0 Å². The number of aromatic nitrogens is 2. The summed E-state index contributed by atoms with van der Waals surface area (Å²) in [7, 11) is 1.91. The van der Waals surface area contributed by atoms with Crippen molar-refractivity contribution < 1.29 is 0 Å². The van der Waals surface area contributed by atoms with Crippen LogP contribution in [-0.4, -0.2) is 23.6 Å². The summed E-state index contributed by atoms with van der Waals surface area (Å²) in [5.41, 5.74) is 0.504. The van der Waals surface area contributed by atoms with Crippen LogP contribution in [0.15, 0.2) is 6.07 Å². The highest BCUT2D eigenvalue weighted by Crippen LogP contribution is 2.45. The lowest BCUT2D eigenvalue weighted by atomic mass is 10.1. The second-order valence-corrected chi connectivity index (χ2v) is 5.69. The smallest absolute Gasteiger partial charge is 0.136 e. The molecular formula is C13H20N4. The van der Waals surface area contributed by atoms with E-state index in [1.54, 1.807) is 0 Å². The number of hydrogen-bond acceptors (Lipinski definition) is 4. The number of anilines is 2. The quantitative estimate of drug-likeness (QED) is 0.819. The van der Waals surface area contributed by atoms with E-state index in [4.69, 9.17) is 0 Å². The van der Waals surface area contributed by atoms with Crippen LogP contribution in [0.3, 0.4) is 0 Å². The van der Waals surface area contributed by atoms with Crippen molar-refractivity contribution in [3.05, 3.63) is 11.9 Å². The van der Waals surface area contributed by atoms with Gasteiger partial charge in [-0.25, -0.2) is 9.97 Å². The molecule has 0 atom stereocenters. The Bertz CT molecular complexity index is 421. The molecule has 4 heteroatoms. The molecule has 0 radical (unpaired) electrons. The van der Waals surface area contributed by atoms with Crippen LogP contribution in [0.4, 0.5) is 11.6 Å². The lowest BCUT2D eigenvalue weighted by Crippen LogP contribution is -2.14. The van der Waals surface area contributed by atoms with Gasteiger partial charge >= 0.3 is 0 Å². The van der Waals surface area contributed by atoms with E-state index in [2.05, 4.69) is 27.5 Å². The minimum absolute atomic E-state index is 0.504. The third-order valence-corrected chi connectivity index (χ3v) is 3.74. The zero-order valence-corrected chi connectivity index (χ0v) is 10.6. The molecule has 92 valence electrons. The second-order valence-electron chi connectivity index (χ2n) is 5.69. The largest absolute Gasteiger partial charge is 0.373 e. The molecule has 0 spiro atoms. The van der Waals surface area contributed by atoms with Crippen LogP contribution < -0.4 is 10.6 Å². The molecule has 2 aliphatic rings. The molecule has 1 aromatic heterocycles. The summed E-state index contributed by atoms with van der Waals surface area (Å²) < 4.78 is 0. The number of rotatable bonds is 5. The predicted octanol–water partition coefficient (Wildman–Crippen LogP) is 2.61. The summed E-state index contributed by atoms with van der Waals surface area (Å²) in [6, 6.07) is 2.00. The van der Waals surface area contributed by atoms with Crippen LogP contribution in [0.25, 0.3) is 0 Å². The molecule has 3 rings (SSSR count). The SMILES string of the molecule is CNc1cc(NCC2(C)CC2)nc(C2CC2)n1. The molecule has 2 fully saturated rings. The predicted molar refractivity (Wildman–Crippen MR) is 69.4 cm³/mol. The van der Waals surface area contributed by atoms with Gasteiger partial charge in [0.1, 0.15) is 17.5 Å². The number of nitrogens with zero attached hydrogens (tertiary/aromatic N) is 2. The Labute approximate surface area is 102 Å². The zero-order valence-electron chi connectivity index (χ0n) is 10.6. The molecule has 4 nitrogen and oxygen atoms in total.